The molecule has 2 aromatic carbocycles. The highest BCUT2D eigenvalue weighted by Gasteiger charge is 2.15. The van der Waals surface area contributed by atoms with Gasteiger partial charge in [0.2, 0.25) is 0 Å². The normalized spacial score (nSPS) is 11.6. The molecule has 0 radical (unpaired) electrons. The van der Waals surface area contributed by atoms with Gasteiger partial charge in [0, 0.05) is 44.1 Å². The van der Waals surface area contributed by atoms with E-state index in [1.807, 2.05) is 18.3 Å². The molecule has 0 aliphatic heterocycles. The van der Waals surface area contributed by atoms with Crippen LogP contribution in [0.25, 0.3) is 20.8 Å². The van der Waals surface area contributed by atoms with Gasteiger partial charge in [-0.2, -0.15) is 0 Å². The van der Waals surface area contributed by atoms with Gasteiger partial charge in [0.1, 0.15) is 11.5 Å². The molecule has 0 amide bonds. The van der Waals surface area contributed by atoms with Crippen LogP contribution in [0, 0.1) is 5.82 Å². The molecule has 0 aliphatic carbocycles. The summed E-state index contributed by atoms with van der Waals surface area (Å²) in [5.41, 5.74) is 3.76. The summed E-state index contributed by atoms with van der Waals surface area (Å²) in [6, 6.07) is 18.4. The lowest BCUT2D eigenvalue weighted by Gasteiger charge is -2.09. The second-order valence-corrected chi connectivity index (χ2v) is 13.1. The fraction of sp³-hybridized carbons (Fsp3) is 0.219. The SMILES string of the molecule is CCCNCc1ccc(-c2cc3nccc(Oc4ccc(CC(=O)Cc5cccc(S(C)(=O)=O)c5)cc4F)c3s2)nc1. The summed E-state index contributed by atoms with van der Waals surface area (Å²) in [7, 11) is -3.37. The van der Waals surface area contributed by atoms with Gasteiger partial charge in [-0.1, -0.05) is 31.2 Å². The highest BCUT2D eigenvalue weighted by molar-refractivity contribution is 7.90. The molecule has 0 saturated carbocycles. The first-order valence-corrected chi connectivity index (χ1v) is 16.2. The Hall–Kier alpha value is -3.99. The van der Waals surface area contributed by atoms with Crippen LogP contribution in [0.15, 0.2) is 84.0 Å². The van der Waals surface area contributed by atoms with Crippen LogP contribution in [0.3, 0.4) is 0 Å². The molecule has 0 atom stereocenters. The fourth-order valence-corrected chi connectivity index (χ4v) is 6.20. The fourth-order valence-electron chi connectivity index (χ4n) is 4.47. The Labute approximate surface area is 248 Å². The van der Waals surface area contributed by atoms with E-state index in [4.69, 9.17) is 4.74 Å². The number of thiophene rings is 1. The molecule has 216 valence electrons. The molecule has 0 fully saturated rings. The maximum Gasteiger partial charge on any atom is 0.175 e. The van der Waals surface area contributed by atoms with Gasteiger partial charge in [0.15, 0.2) is 21.4 Å². The molecule has 5 aromatic rings. The molecule has 7 nitrogen and oxygen atoms in total. The quantitative estimate of drug-likeness (QED) is 0.162. The number of nitrogens with one attached hydrogen (secondary N) is 1. The summed E-state index contributed by atoms with van der Waals surface area (Å²) in [5, 5.41) is 3.37. The number of nitrogens with zero attached hydrogens (tertiary/aromatic N) is 2. The van der Waals surface area contributed by atoms with E-state index in [1.165, 1.54) is 35.6 Å². The molecule has 42 heavy (non-hydrogen) atoms. The third kappa shape index (κ3) is 7.25. The minimum atomic E-state index is -3.37. The van der Waals surface area contributed by atoms with Crippen molar-refractivity contribution in [3.8, 4) is 22.1 Å². The monoisotopic (exact) mass is 603 g/mol. The van der Waals surface area contributed by atoms with Crippen LogP contribution < -0.4 is 10.1 Å². The van der Waals surface area contributed by atoms with Crippen LogP contribution in [0.1, 0.15) is 30.0 Å². The van der Waals surface area contributed by atoms with Gasteiger partial charge < -0.3 is 10.1 Å². The molecule has 0 spiro atoms. The lowest BCUT2D eigenvalue weighted by Crippen LogP contribution is -2.13. The third-order valence-corrected chi connectivity index (χ3v) is 8.83. The van der Waals surface area contributed by atoms with E-state index in [0.29, 0.717) is 16.9 Å². The Balaban J connectivity index is 1.27. The second kappa shape index (κ2) is 12.9. The van der Waals surface area contributed by atoms with Crippen LogP contribution in [-0.2, 0) is 34.0 Å². The number of aromatic nitrogens is 2. The summed E-state index contributed by atoms with van der Waals surface area (Å²) in [6.07, 6.45) is 5.73. The zero-order valence-corrected chi connectivity index (χ0v) is 24.9. The van der Waals surface area contributed by atoms with E-state index in [0.717, 1.165) is 52.1 Å². The Morgan fingerprint density at radius 2 is 1.74 bits per heavy atom. The van der Waals surface area contributed by atoms with E-state index in [-0.39, 0.29) is 29.3 Å². The molecule has 0 unspecified atom stereocenters. The predicted octanol–water partition coefficient (Wildman–Crippen LogP) is 6.55. The number of Topliss-reactive ketones (excluding diaryl/α,β-unsaturated/α-hetero) is 1. The maximum atomic E-state index is 15.1. The summed E-state index contributed by atoms with van der Waals surface area (Å²) in [5.74, 6) is -0.230. The summed E-state index contributed by atoms with van der Waals surface area (Å²) < 4.78 is 45.4. The Kier molecular flexibility index (Phi) is 9.06. The van der Waals surface area contributed by atoms with Gasteiger partial charge in [-0.05, 0) is 66.1 Å². The van der Waals surface area contributed by atoms with Crippen molar-refractivity contribution in [3.05, 3.63) is 102 Å². The molecule has 3 aromatic heterocycles. The highest BCUT2D eigenvalue weighted by Crippen LogP contribution is 2.39. The van der Waals surface area contributed by atoms with Crippen LogP contribution >= 0.6 is 11.3 Å². The smallest absolute Gasteiger partial charge is 0.175 e. The van der Waals surface area contributed by atoms with Gasteiger partial charge in [0.05, 0.1) is 25.7 Å². The minimum absolute atomic E-state index is 0.00848. The molecule has 0 bridgehead atoms. The number of carbonyl (C=O) groups is 1. The second-order valence-electron chi connectivity index (χ2n) is 10.0. The van der Waals surface area contributed by atoms with Crippen LogP contribution in [0.4, 0.5) is 4.39 Å². The van der Waals surface area contributed by atoms with Crippen LogP contribution in [0.5, 0.6) is 11.5 Å². The van der Waals surface area contributed by atoms with E-state index in [2.05, 4.69) is 28.3 Å². The lowest BCUT2D eigenvalue weighted by atomic mass is 10.0. The molecule has 3 heterocycles. The van der Waals surface area contributed by atoms with Crippen molar-refractivity contribution >= 4 is 37.2 Å². The summed E-state index contributed by atoms with van der Waals surface area (Å²) in [6.45, 7) is 3.85. The Morgan fingerprint density at radius 1 is 0.952 bits per heavy atom. The zero-order chi connectivity index (χ0) is 29.7. The van der Waals surface area contributed by atoms with Crippen molar-refractivity contribution in [1.82, 2.24) is 15.3 Å². The maximum absolute atomic E-state index is 15.1. The van der Waals surface area contributed by atoms with Gasteiger partial charge in [-0.3, -0.25) is 14.8 Å². The van der Waals surface area contributed by atoms with Crippen molar-refractivity contribution in [1.29, 1.82) is 0 Å². The van der Waals surface area contributed by atoms with Gasteiger partial charge >= 0.3 is 0 Å². The summed E-state index contributed by atoms with van der Waals surface area (Å²) in [4.78, 5) is 22.8. The third-order valence-electron chi connectivity index (χ3n) is 6.55. The molecule has 10 heteroatoms. The lowest BCUT2D eigenvalue weighted by molar-refractivity contribution is -0.117. The number of carbonyl (C=O) groups excluding carboxylic acids is 1. The van der Waals surface area contributed by atoms with Crippen LogP contribution in [-0.4, -0.2) is 37.0 Å². The molecule has 5 rings (SSSR count). The number of halogens is 1. The first-order valence-electron chi connectivity index (χ1n) is 13.5. The van der Waals surface area contributed by atoms with E-state index in [9.17, 15) is 13.2 Å². The number of hydrogen-bond acceptors (Lipinski definition) is 8. The van der Waals surface area contributed by atoms with Crippen molar-refractivity contribution in [2.45, 2.75) is 37.6 Å². The largest absolute Gasteiger partial charge is 0.453 e. The Morgan fingerprint density at radius 3 is 2.45 bits per heavy atom. The highest BCUT2D eigenvalue weighted by atomic mass is 32.2. The van der Waals surface area contributed by atoms with E-state index < -0.39 is 15.7 Å². The first kappa shape index (κ1) is 29.5. The molecular formula is C32H30FN3O4S2. The molecule has 0 saturated heterocycles. The zero-order valence-electron chi connectivity index (χ0n) is 23.3. The average Bonchev–Trinajstić information content (AvgIpc) is 3.40. The van der Waals surface area contributed by atoms with E-state index >= 15 is 4.39 Å². The van der Waals surface area contributed by atoms with E-state index in [1.54, 1.807) is 30.5 Å². The molecular weight excluding hydrogens is 574 g/mol. The summed E-state index contributed by atoms with van der Waals surface area (Å²) >= 11 is 1.47. The number of rotatable bonds is 12. The average molecular weight is 604 g/mol. The first-order chi connectivity index (χ1) is 20.2. The molecule has 1 N–H and O–H groups in total. The number of pyridine rings is 2. The number of benzene rings is 2. The molecule has 0 aliphatic rings. The van der Waals surface area contributed by atoms with Crippen molar-refractivity contribution < 1.29 is 22.3 Å². The van der Waals surface area contributed by atoms with Crippen molar-refractivity contribution in [3.63, 3.8) is 0 Å². The number of ketones is 1. The number of hydrogen-bond donors (Lipinski definition) is 1. The standard InChI is InChI=1S/C32H30FN3O4S2/c1-3-12-34-19-23-7-9-27(36-20-23)31-18-28-32(41-31)30(11-13-35-28)40-29-10-8-22(17-26(29)33)15-24(37)14-21-5-4-6-25(16-21)42(2,38)39/h4-11,13,16-18,20,34H,3,12,14-15,19H2,1-2H3. The van der Waals surface area contributed by atoms with Crippen LogP contribution in [0.2, 0.25) is 0 Å². The number of fused-ring (bicyclic) bond motifs is 1. The topological polar surface area (TPSA) is 98.3 Å². The number of sulfone groups is 1. The number of ether oxygens (including phenoxy) is 1. The Bertz CT molecular complexity index is 1840. The van der Waals surface area contributed by atoms with Crippen molar-refractivity contribution in [2.75, 3.05) is 12.8 Å². The van der Waals surface area contributed by atoms with Gasteiger partial charge in [-0.15, -0.1) is 11.3 Å². The minimum Gasteiger partial charge on any atom is -0.453 e. The van der Waals surface area contributed by atoms with Gasteiger partial charge in [-0.25, -0.2) is 12.8 Å². The van der Waals surface area contributed by atoms with Gasteiger partial charge in [0.25, 0.3) is 0 Å². The predicted molar refractivity (Wildman–Crippen MR) is 163 cm³/mol. The van der Waals surface area contributed by atoms with Crippen molar-refractivity contribution in [2.24, 2.45) is 0 Å².